The Labute approximate surface area is 85.4 Å². The molecule has 14 heavy (non-hydrogen) atoms. The average molecular weight is 197 g/mol. The molecule has 2 atom stereocenters. The average Bonchev–Trinajstić information content (AvgIpc) is 2.62. The van der Waals surface area contributed by atoms with Gasteiger partial charge in [0.25, 0.3) is 0 Å². The van der Waals surface area contributed by atoms with Crippen molar-refractivity contribution in [2.24, 2.45) is 5.92 Å². The fourth-order valence-electron chi connectivity index (χ4n) is 2.69. The smallest absolute Gasteiger partial charge is 0.320 e. The number of likely N-dealkylation sites (tertiary alicyclic amines) is 1. The van der Waals surface area contributed by atoms with Gasteiger partial charge < -0.3 is 4.74 Å². The summed E-state index contributed by atoms with van der Waals surface area (Å²) in [5.41, 5.74) is 0. The van der Waals surface area contributed by atoms with E-state index in [-0.39, 0.29) is 12.1 Å². The van der Waals surface area contributed by atoms with Crippen LogP contribution in [-0.2, 0) is 9.53 Å². The number of carbonyl (C=O) groups is 1. The molecule has 0 spiro atoms. The SMILES string of the molecule is CC(C)OC(=O)CN1CC2CCC1C2. The second-order valence-corrected chi connectivity index (χ2v) is 4.80. The summed E-state index contributed by atoms with van der Waals surface area (Å²) < 4.78 is 5.14. The van der Waals surface area contributed by atoms with Gasteiger partial charge in [-0.3, -0.25) is 9.69 Å². The number of esters is 1. The molecule has 3 heteroatoms. The molecule has 1 aliphatic heterocycles. The van der Waals surface area contributed by atoms with E-state index in [1.165, 1.54) is 19.3 Å². The maximum atomic E-state index is 11.4. The first-order chi connectivity index (χ1) is 6.65. The number of hydrogen-bond acceptors (Lipinski definition) is 3. The van der Waals surface area contributed by atoms with E-state index in [0.717, 1.165) is 12.5 Å². The van der Waals surface area contributed by atoms with Gasteiger partial charge in [0.05, 0.1) is 12.6 Å². The number of piperidine rings is 1. The minimum atomic E-state index is -0.0625. The Morgan fingerprint density at radius 3 is 2.79 bits per heavy atom. The Balaban J connectivity index is 1.78. The highest BCUT2D eigenvalue weighted by atomic mass is 16.5. The fourth-order valence-corrected chi connectivity index (χ4v) is 2.69. The van der Waals surface area contributed by atoms with E-state index in [0.29, 0.717) is 12.6 Å². The molecule has 1 saturated carbocycles. The van der Waals surface area contributed by atoms with Gasteiger partial charge in [0, 0.05) is 12.6 Å². The van der Waals surface area contributed by atoms with Crippen LogP contribution < -0.4 is 0 Å². The van der Waals surface area contributed by atoms with E-state index in [1.807, 2.05) is 13.8 Å². The van der Waals surface area contributed by atoms with Gasteiger partial charge in [-0.1, -0.05) is 0 Å². The van der Waals surface area contributed by atoms with Crippen molar-refractivity contribution >= 4 is 5.97 Å². The van der Waals surface area contributed by atoms with Crippen LogP contribution >= 0.6 is 0 Å². The molecule has 3 nitrogen and oxygen atoms in total. The van der Waals surface area contributed by atoms with Crippen molar-refractivity contribution in [2.75, 3.05) is 13.1 Å². The second kappa shape index (κ2) is 3.89. The highest BCUT2D eigenvalue weighted by Crippen LogP contribution is 2.36. The molecule has 0 aromatic carbocycles. The van der Waals surface area contributed by atoms with Crippen molar-refractivity contribution in [3.05, 3.63) is 0 Å². The zero-order chi connectivity index (χ0) is 10.1. The van der Waals surface area contributed by atoms with E-state index in [2.05, 4.69) is 4.90 Å². The summed E-state index contributed by atoms with van der Waals surface area (Å²) in [7, 11) is 0. The van der Waals surface area contributed by atoms with Crippen LogP contribution in [0.25, 0.3) is 0 Å². The minimum absolute atomic E-state index is 0.0160. The van der Waals surface area contributed by atoms with Crippen molar-refractivity contribution in [3.63, 3.8) is 0 Å². The second-order valence-electron chi connectivity index (χ2n) is 4.80. The molecular formula is C11H19NO2. The summed E-state index contributed by atoms with van der Waals surface area (Å²) in [6.07, 6.45) is 3.96. The molecule has 1 heterocycles. The molecule has 1 aliphatic carbocycles. The first kappa shape index (κ1) is 9.97. The minimum Gasteiger partial charge on any atom is -0.462 e. The quantitative estimate of drug-likeness (QED) is 0.641. The predicted octanol–water partition coefficient (Wildman–Crippen LogP) is 1.42. The Hall–Kier alpha value is -0.570. The molecule has 1 saturated heterocycles. The lowest BCUT2D eigenvalue weighted by Gasteiger charge is -2.25. The Morgan fingerprint density at radius 2 is 2.29 bits per heavy atom. The van der Waals surface area contributed by atoms with Crippen molar-refractivity contribution in [3.8, 4) is 0 Å². The first-order valence-electron chi connectivity index (χ1n) is 5.58. The molecule has 2 bridgehead atoms. The fraction of sp³-hybridized carbons (Fsp3) is 0.909. The number of carbonyl (C=O) groups excluding carboxylic acids is 1. The van der Waals surface area contributed by atoms with Crippen LogP contribution in [0.4, 0.5) is 0 Å². The third-order valence-corrected chi connectivity index (χ3v) is 3.22. The Morgan fingerprint density at radius 1 is 1.50 bits per heavy atom. The van der Waals surface area contributed by atoms with Gasteiger partial charge >= 0.3 is 5.97 Å². The van der Waals surface area contributed by atoms with E-state index < -0.39 is 0 Å². The van der Waals surface area contributed by atoms with Crippen molar-refractivity contribution in [1.82, 2.24) is 4.90 Å². The number of rotatable bonds is 3. The standard InChI is InChI=1S/C11H19NO2/c1-8(2)14-11(13)7-12-6-9-3-4-10(12)5-9/h8-10H,3-7H2,1-2H3. The van der Waals surface area contributed by atoms with Gasteiger partial charge in [0.15, 0.2) is 0 Å². The molecule has 2 unspecified atom stereocenters. The van der Waals surface area contributed by atoms with Crippen LogP contribution in [0.15, 0.2) is 0 Å². The summed E-state index contributed by atoms with van der Waals surface area (Å²) in [5, 5.41) is 0. The lowest BCUT2D eigenvalue weighted by Crippen LogP contribution is -2.37. The summed E-state index contributed by atoms with van der Waals surface area (Å²) >= 11 is 0. The van der Waals surface area contributed by atoms with Gasteiger partial charge in [-0.2, -0.15) is 0 Å². The van der Waals surface area contributed by atoms with Gasteiger partial charge in [-0.05, 0) is 39.0 Å². The maximum absolute atomic E-state index is 11.4. The summed E-state index contributed by atoms with van der Waals surface area (Å²) in [5.74, 6) is 0.791. The van der Waals surface area contributed by atoms with E-state index >= 15 is 0 Å². The topological polar surface area (TPSA) is 29.5 Å². The van der Waals surface area contributed by atoms with Crippen molar-refractivity contribution < 1.29 is 9.53 Å². The molecule has 0 aromatic rings. The number of fused-ring (bicyclic) bond motifs is 2. The van der Waals surface area contributed by atoms with Crippen LogP contribution in [0.3, 0.4) is 0 Å². The summed E-state index contributed by atoms with van der Waals surface area (Å²) in [6, 6.07) is 0.666. The lowest BCUT2D eigenvalue weighted by atomic mass is 10.1. The largest absolute Gasteiger partial charge is 0.462 e. The molecule has 80 valence electrons. The molecular weight excluding hydrogens is 178 g/mol. The van der Waals surface area contributed by atoms with Gasteiger partial charge in [0.1, 0.15) is 0 Å². The van der Waals surface area contributed by atoms with Crippen LogP contribution in [0.5, 0.6) is 0 Å². The van der Waals surface area contributed by atoms with Gasteiger partial charge in [0.2, 0.25) is 0 Å². The summed E-state index contributed by atoms with van der Waals surface area (Å²) in [6.45, 7) is 5.40. The molecule has 0 amide bonds. The van der Waals surface area contributed by atoms with Gasteiger partial charge in [-0.15, -0.1) is 0 Å². The number of hydrogen-bond donors (Lipinski definition) is 0. The predicted molar refractivity (Wildman–Crippen MR) is 53.9 cm³/mol. The van der Waals surface area contributed by atoms with E-state index in [1.54, 1.807) is 0 Å². The summed E-state index contributed by atoms with van der Waals surface area (Å²) in [4.78, 5) is 13.7. The third kappa shape index (κ3) is 2.08. The third-order valence-electron chi connectivity index (χ3n) is 3.22. The molecule has 2 rings (SSSR count). The molecule has 2 fully saturated rings. The maximum Gasteiger partial charge on any atom is 0.320 e. The highest BCUT2D eigenvalue weighted by molar-refractivity contribution is 5.71. The normalized spacial score (nSPS) is 31.4. The Kier molecular flexibility index (Phi) is 2.77. The molecule has 0 aromatic heterocycles. The van der Waals surface area contributed by atoms with Crippen molar-refractivity contribution in [1.29, 1.82) is 0 Å². The van der Waals surface area contributed by atoms with E-state index in [9.17, 15) is 4.79 Å². The zero-order valence-electron chi connectivity index (χ0n) is 9.03. The lowest BCUT2D eigenvalue weighted by molar-refractivity contribution is -0.149. The van der Waals surface area contributed by atoms with Crippen LogP contribution in [0.2, 0.25) is 0 Å². The van der Waals surface area contributed by atoms with Crippen molar-refractivity contribution in [2.45, 2.75) is 45.3 Å². The number of ether oxygens (including phenoxy) is 1. The molecule has 0 radical (unpaired) electrons. The highest BCUT2D eigenvalue weighted by Gasteiger charge is 2.38. The molecule has 2 aliphatic rings. The number of nitrogens with zero attached hydrogens (tertiary/aromatic N) is 1. The molecule has 0 N–H and O–H groups in total. The van der Waals surface area contributed by atoms with Crippen LogP contribution in [0.1, 0.15) is 33.1 Å². The van der Waals surface area contributed by atoms with E-state index in [4.69, 9.17) is 4.74 Å². The van der Waals surface area contributed by atoms with Crippen LogP contribution in [0, 0.1) is 5.92 Å². The monoisotopic (exact) mass is 197 g/mol. The Bertz CT molecular complexity index is 227. The first-order valence-corrected chi connectivity index (χ1v) is 5.58. The van der Waals surface area contributed by atoms with Gasteiger partial charge in [-0.25, -0.2) is 0 Å². The zero-order valence-corrected chi connectivity index (χ0v) is 9.03. The van der Waals surface area contributed by atoms with Crippen LogP contribution in [-0.4, -0.2) is 36.1 Å².